The van der Waals surface area contributed by atoms with Crippen LogP contribution in [0, 0.1) is 18.8 Å². The van der Waals surface area contributed by atoms with Crippen LogP contribution in [-0.2, 0) is 11.2 Å². The molecule has 7 nitrogen and oxygen atoms in total. The largest absolute Gasteiger partial charge is 0.481 e. The van der Waals surface area contributed by atoms with E-state index in [9.17, 15) is 14.7 Å². The molecule has 1 aromatic heterocycles. The van der Waals surface area contributed by atoms with Crippen molar-refractivity contribution in [2.75, 3.05) is 18.4 Å². The number of hydrogen-bond acceptors (Lipinski definition) is 3. The third kappa shape index (κ3) is 4.35. The number of rotatable bonds is 5. The molecule has 1 aromatic carbocycles. The van der Waals surface area contributed by atoms with Crippen LogP contribution in [0.15, 0.2) is 30.5 Å². The summed E-state index contributed by atoms with van der Waals surface area (Å²) in [4.78, 5) is 25.8. The van der Waals surface area contributed by atoms with Crippen molar-refractivity contribution in [3.63, 3.8) is 0 Å². The highest BCUT2D eigenvalue weighted by molar-refractivity contribution is 5.90. The molecule has 0 radical (unpaired) electrons. The Labute approximate surface area is 165 Å². The quantitative estimate of drug-likeness (QED) is 0.823. The summed E-state index contributed by atoms with van der Waals surface area (Å²) in [6.07, 6.45) is 3.97. The summed E-state index contributed by atoms with van der Waals surface area (Å²) < 4.78 is 1.86. The summed E-state index contributed by atoms with van der Waals surface area (Å²) >= 11 is 0. The van der Waals surface area contributed by atoms with Crippen LogP contribution in [0.5, 0.6) is 0 Å². The smallest absolute Gasteiger partial charge is 0.321 e. The lowest BCUT2D eigenvalue weighted by molar-refractivity contribution is -0.143. The minimum Gasteiger partial charge on any atom is -0.481 e. The molecule has 2 amide bonds. The minimum absolute atomic E-state index is 0.158. The first-order valence-corrected chi connectivity index (χ1v) is 9.81. The van der Waals surface area contributed by atoms with Crippen molar-refractivity contribution in [1.29, 1.82) is 0 Å². The van der Waals surface area contributed by atoms with Gasteiger partial charge in [0.05, 0.1) is 29.2 Å². The molecule has 28 heavy (non-hydrogen) atoms. The normalized spacial score (nSPS) is 19.5. The number of hydrogen-bond donors (Lipinski definition) is 2. The number of anilines is 1. The van der Waals surface area contributed by atoms with Crippen molar-refractivity contribution >= 4 is 17.7 Å². The van der Waals surface area contributed by atoms with Gasteiger partial charge in [0.25, 0.3) is 0 Å². The fourth-order valence-electron chi connectivity index (χ4n) is 3.75. The SMILES string of the molecule is CCCc1c(NC(=O)N2CC(C)CC(C(=O)O)C2)cnn1-c1ccc(C)cc1. The van der Waals surface area contributed by atoms with E-state index < -0.39 is 11.9 Å². The van der Waals surface area contributed by atoms with Crippen LogP contribution < -0.4 is 5.32 Å². The molecule has 0 aliphatic carbocycles. The molecule has 2 aromatic rings. The van der Waals surface area contributed by atoms with Gasteiger partial charge in [0.15, 0.2) is 0 Å². The molecule has 2 atom stereocenters. The fraction of sp³-hybridized carbons (Fsp3) is 0.476. The molecule has 1 aliphatic rings. The minimum atomic E-state index is -0.844. The van der Waals surface area contributed by atoms with E-state index in [4.69, 9.17) is 0 Å². The number of carbonyl (C=O) groups is 2. The second-order valence-electron chi connectivity index (χ2n) is 7.71. The summed E-state index contributed by atoms with van der Waals surface area (Å²) in [6, 6.07) is 7.82. The summed E-state index contributed by atoms with van der Waals surface area (Å²) in [6.45, 7) is 6.90. The average molecular weight is 384 g/mol. The maximum absolute atomic E-state index is 12.8. The molecular weight excluding hydrogens is 356 g/mol. The maximum Gasteiger partial charge on any atom is 0.321 e. The van der Waals surface area contributed by atoms with Crippen molar-refractivity contribution in [2.45, 2.75) is 40.0 Å². The third-order valence-corrected chi connectivity index (χ3v) is 5.17. The number of carbonyl (C=O) groups excluding carboxylic acids is 1. The number of aromatic nitrogens is 2. The Hall–Kier alpha value is -2.83. The number of likely N-dealkylation sites (tertiary alicyclic amines) is 1. The number of amides is 2. The van der Waals surface area contributed by atoms with E-state index in [-0.39, 0.29) is 18.5 Å². The van der Waals surface area contributed by atoms with Gasteiger partial charge in [0.2, 0.25) is 0 Å². The second-order valence-corrected chi connectivity index (χ2v) is 7.71. The highest BCUT2D eigenvalue weighted by Gasteiger charge is 2.32. The van der Waals surface area contributed by atoms with E-state index in [1.165, 1.54) is 5.56 Å². The zero-order chi connectivity index (χ0) is 20.3. The van der Waals surface area contributed by atoms with Gasteiger partial charge in [-0.25, -0.2) is 9.48 Å². The lowest BCUT2D eigenvalue weighted by atomic mass is 9.91. The number of carboxylic acid groups (broad SMARTS) is 1. The third-order valence-electron chi connectivity index (χ3n) is 5.17. The van der Waals surface area contributed by atoms with Gasteiger partial charge in [-0.05, 0) is 37.8 Å². The fourth-order valence-corrected chi connectivity index (χ4v) is 3.75. The molecule has 1 fully saturated rings. The topological polar surface area (TPSA) is 87.5 Å². The maximum atomic E-state index is 12.8. The van der Waals surface area contributed by atoms with Crippen molar-refractivity contribution in [2.24, 2.45) is 11.8 Å². The zero-order valence-electron chi connectivity index (χ0n) is 16.7. The predicted molar refractivity (Wildman–Crippen MR) is 108 cm³/mol. The van der Waals surface area contributed by atoms with E-state index in [0.717, 1.165) is 24.2 Å². The van der Waals surface area contributed by atoms with Gasteiger partial charge < -0.3 is 15.3 Å². The molecule has 0 saturated carbocycles. The lowest BCUT2D eigenvalue weighted by Gasteiger charge is -2.34. The van der Waals surface area contributed by atoms with Crippen molar-refractivity contribution < 1.29 is 14.7 Å². The van der Waals surface area contributed by atoms with Gasteiger partial charge in [-0.15, -0.1) is 0 Å². The van der Waals surface area contributed by atoms with Crippen molar-refractivity contribution in [3.8, 4) is 5.69 Å². The van der Waals surface area contributed by atoms with E-state index in [1.807, 2.05) is 42.8 Å². The molecule has 2 N–H and O–H groups in total. The van der Waals surface area contributed by atoms with Gasteiger partial charge in [-0.2, -0.15) is 5.10 Å². The Morgan fingerprint density at radius 3 is 2.61 bits per heavy atom. The van der Waals surface area contributed by atoms with Gasteiger partial charge in [0.1, 0.15) is 0 Å². The van der Waals surface area contributed by atoms with Gasteiger partial charge in [0, 0.05) is 13.1 Å². The molecule has 0 bridgehead atoms. The van der Waals surface area contributed by atoms with Crippen molar-refractivity contribution in [1.82, 2.24) is 14.7 Å². The number of carboxylic acids is 1. The number of nitrogens with one attached hydrogen (secondary N) is 1. The molecular formula is C21H28N4O3. The van der Waals surface area contributed by atoms with Crippen molar-refractivity contribution in [3.05, 3.63) is 41.7 Å². The molecule has 2 unspecified atom stereocenters. The number of aryl methyl sites for hydroxylation is 1. The Kier molecular flexibility index (Phi) is 6.02. The molecule has 1 aliphatic heterocycles. The Morgan fingerprint density at radius 2 is 1.96 bits per heavy atom. The van der Waals surface area contributed by atoms with Crippen LogP contribution in [0.4, 0.5) is 10.5 Å². The number of aliphatic carboxylic acids is 1. The highest BCUT2D eigenvalue weighted by Crippen LogP contribution is 2.25. The summed E-state index contributed by atoms with van der Waals surface area (Å²) in [7, 11) is 0. The van der Waals surface area contributed by atoms with E-state index in [1.54, 1.807) is 11.1 Å². The number of urea groups is 1. The Bertz CT molecular complexity index is 844. The number of benzene rings is 1. The molecule has 3 rings (SSSR count). The standard InChI is InChI=1S/C21H28N4O3/c1-4-5-19-18(11-22-25(19)17-8-6-14(2)7-9-17)23-21(28)24-12-15(3)10-16(13-24)20(26)27/h6-9,11,15-16H,4-5,10,12-13H2,1-3H3,(H,23,28)(H,26,27). The predicted octanol–water partition coefficient (Wildman–Crippen LogP) is 3.71. The lowest BCUT2D eigenvalue weighted by Crippen LogP contribution is -2.47. The Balaban J connectivity index is 1.80. The second kappa shape index (κ2) is 8.46. The molecule has 150 valence electrons. The molecule has 1 saturated heterocycles. The summed E-state index contributed by atoms with van der Waals surface area (Å²) in [5.74, 6) is -1.20. The molecule has 2 heterocycles. The van der Waals surface area contributed by atoms with Crippen LogP contribution >= 0.6 is 0 Å². The Morgan fingerprint density at radius 1 is 1.25 bits per heavy atom. The summed E-state index contributed by atoms with van der Waals surface area (Å²) in [5, 5.41) is 16.8. The van der Waals surface area contributed by atoms with Gasteiger partial charge in [-0.1, -0.05) is 38.0 Å². The first-order valence-electron chi connectivity index (χ1n) is 9.81. The highest BCUT2D eigenvalue weighted by atomic mass is 16.4. The number of nitrogens with zero attached hydrogens (tertiary/aromatic N) is 3. The van der Waals surface area contributed by atoms with Gasteiger partial charge in [-0.3, -0.25) is 4.79 Å². The van der Waals surface area contributed by atoms with Gasteiger partial charge >= 0.3 is 12.0 Å². The zero-order valence-corrected chi connectivity index (χ0v) is 16.7. The van der Waals surface area contributed by atoms with Crippen LogP contribution in [0.2, 0.25) is 0 Å². The summed E-state index contributed by atoms with van der Waals surface area (Å²) in [5.41, 5.74) is 3.75. The van der Waals surface area contributed by atoms with E-state index >= 15 is 0 Å². The molecule has 7 heteroatoms. The van der Waals surface area contributed by atoms with Crippen LogP contribution in [-0.4, -0.2) is 44.9 Å². The first-order chi connectivity index (χ1) is 13.4. The monoisotopic (exact) mass is 384 g/mol. The molecule has 0 spiro atoms. The van der Waals surface area contributed by atoms with Crippen LogP contribution in [0.1, 0.15) is 37.9 Å². The van der Waals surface area contributed by atoms with E-state index in [0.29, 0.717) is 18.7 Å². The van der Waals surface area contributed by atoms with Crippen LogP contribution in [0.25, 0.3) is 5.69 Å². The van der Waals surface area contributed by atoms with Crippen LogP contribution in [0.3, 0.4) is 0 Å². The number of piperidine rings is 1. The first kappa shape index (κ1) is 19.9. The van der Waals surface area contributed by atoms with E-state index in [2.05, 4.69) is 17.3 Å². The average Bonchev–Trinajstić information content (AvgIpc) is 3.04.